The molecule has 3 aromatic rings. The van der Waals surface area contributed by atoms with E-state index in [0.29, 0.717) is 11.3 Å². The number of carbonyl (C=O) groups is 2. The Kier molecular flexibility index (Phi) is 6.78. The van der Waals surface area contributed by atoms with Crippen LogP contribution in [-0.2, 0) is 16.1 Å². The third-order valence-electron chi connectivity index (χ3n) is 5.63. The second-order valence-electron chi connectivity index (χ2n) is 7.79. The predicted octanol–water partition coefficient (Wildman–Crippen LogP) is 5.67. The van der Waals surface area contributed by atoms with Gasteiger partial charge in [0.15, 0.2) is 11.5 Å². The van der Waals surface area contributed by atoms with E-state index < -0.39 is 29.3 Å². The van der Waals surface area contributed by atoms with Crippen LogP contribution in [-0.4, -0.2) is 35.9 Å². The molecule has 1 aromatic heterocycles. The summed E-state index contributed by atoms with van der Waals surface area (Å²) in [5.74, 6) is -1.85. The Balaban J connectivity index is 1.92. The number of methoxy groups -OCH3 is 2. The summed E-state index contributed by atoms with van der Waals surface area (Å²) >= 11 is 12.6. The average Bonchev–Trinajstić information content (AvgIpc) is 3.36. The molecule has 0 saturated carbocycles. The molecule has 1 aliphatic heterocycles. The van der Waals surface area contributed by atoms with Crippen molar-refractivity contribution < 1.29 is 33.0 Å². The first-order valence-corrected chi connectivity index (χ1v) is 11.1. The smallest absolute Gasteiger partial charge is 0.296 e. The van der Waals surface area contributed by atoms with Crippen LogP contribution in [0.2, 0.25) is 10.0 Å². The predicted molar refractivity (Wildman–Crippen MR) is 127 cm³/mol. The molecule has 1 amide bonds. The average molecular weight is 520 g/mol. The van der Waals surface area contributed by atoms with Crippen LogP contribution < -0.4 is 9.47 Å². The highest BCUT2D eigenvalue weighted by atomic mass is 35.5. The number of hydrogen-bond acceptors (Lipinski definition) is 6. The first kappa shape index (κ1) is 24.6. The van der Waals surface area contributed by atoms with E-state index in [1.54, 1.807) is 19.1 Å². The molecule has 1 N–H and O–H groups in total. The lowest BCUT2D eigenvalue weighted by Gasteiger charge is -2.24. The van der Waals surface area contributed by atoms with Gasteiger partial charge in [-0.15, -0.1) is 0 Å². The minimum Gasteiger partial charge on any atom is -0.507 e. The first-order chi connectivity index (χ1) is 16.7. The molecule has 10 heteroatoms. The van der Waals surface area contributed by atoms with E-state index in [0.717, 1.165) is 0 Å². The van der Waals surface area contributed by atoms with E-state index in [-0.39, 0.29) is 45.0 Å². The van der Waals surface area contributed by atoms with Gasteiger partial charge >= 0.3 is 0 Å². The van der Waals surface area contributed by atoms with Crippen LogP contribution in [0.1, 0.15) is 28.7 Å². The highest BCUT2D eigenvalue weighted by Crippen LogP contribution is 2.47. The number of ether oxygens (including phenoxy) is 2. The Morgan fingerprint density at radius 2 is 1.74 bits per heavy atom. The van der Waals surface area contributed by atoms with Gasteiger partial charge in [0, 0.05) is 6.54 Å². The van der Waals surface area contributed by atoms with Gasteiger partial charge < -0.3 is 23.9 Å². The van der Waals surface area contributed by atoms with Gasteiger partial charge in [0.2, 0.25) is 0 Å². The number of hydrogen-bond donors (Lipinski definition) is 1. The maximum absolute atomic E-state index is 13.4. The molecule has 1 atom stereocenters. The fraction of sp³-hybridized carbons (Fsp3) is 0.200. The molecule has 2 heterocycles. The maximum atomic E-state index is 13.4. The third kappa shape index (κ3) is 4.35. The number of benzene rings is 2. The molecule has 1 fully saturated rings. The van der Waals surface area contributed by atoms with Crippen LogP contribution in [0.15, 0.2) is 52.5 Å². The topological polar surface area (TPSA) is 89.2 Å². The molecular formula is C25H20Cl2FNO6. The highest BCUT2D eigenvalue weighted by molar-refractivity contribution is 6.46. The van der Waals surface area contributed by atoms with Crippen LogP contribution in [0.4, 0.5) is 4.39 Å². The molecular weight excluding hydrogens is 500 g/mol. The summed E-state index contributed by atoms with van der Waals surface area (Å²) in [6.07, 6.45) is 0. The van der Waals surface area contributed by atoms with Crippen molar-refractivity contribution in [2.45, 2.75) is 19.5 Å². The van der Waals surface area contributed by atoms with Gasteiger partial charge in [0.05, 0.1) is 30.4 Å². The maximum Gasteiger partial charge on any atom is 0.296 e. The lowest BCUT2D eigenvalue weighted by Crippen LogP contribution is -2.29. The number of halogens is 3. The number of aliphatic hydroxyl groups is 1. The van der Waals surface area contributed by atoms with Crippen LogP contribution in [0.5, 0.6) is 11.5 Å². The lowest BCUT2D eigenvalue weighted by molar-refractivity contribution is -0.140. The minimum absolute atomic E-state index is 0.00337. The molecule has 1 saturated heterocycles. The van der Waals surface area contributed by atoms with E-state index in [1.165, 1.54) is 49.5 Å². The third-order valence-corrected chi connectivity index (χ3v) is 6.26. The summed E-state index contributed by atoms with van der Waals surface area (Å²) in [6, 6.07) is 9.07. The molecule has 4 rings (SSSR count). The summed E-state index contributed by atoms with van der Waals surface area (Å²) in [5.41, 5.74) is 0.341. The molecule has 0 radical (unpaired) electrons. The number of amides is 1. The number of aliphatic hydroxyl groups excluding tert-OH is 1. The van der Waals surface area contributed by atoms with E-state index in [1.807, 2.05) is 0 Å². The fourth-order valence-corrected chi connectivity index (χ4v) is 4.70. The van der Waals surface area contributed by atoms with Gasteiger partial charge in [-0.05, 0) is 42.8 Å². The molecule has 0 bridgehead atoms. The normalized spacial score (nSPS) is 17.2. The zero-order valence-electron chi connectivity index (χ0n) is 18.9. The van der Waals surface area contributed by atoms with E-state index in [2.05, 4.69) is 0 Å². The Morgan fingerprint density at radius 3 is 2.31 bits per heavy atom. The summed E-state index contributed by atoms with van der Waals surface area (Å²) in [4.78, 5) is 27.6. The van der Waals surface area contributed by atoms with Gasteiger partial charge in [0.25, 0.3) is 11.7 Å². The summed E-state index contributed by atoms with van der Waals surface area (Å²) < 4.78 is 29.7. The quantitative estimate of drug-likeness (QED) is 0.256. The fourth-order valence-electron chi connectivity index (χ4n) is 4.02. The number of likely N-dealkylation sites (tertiary alicyclic amines) is 1. The minimum atomic E-state index is -1.07. The van der Waals surface area contributed by atoms with Crippen molar-refractivity contribution >= 4 is 40.7 Å². The number of aryl methyl sites for hydroxylation is 1. The Labute approximate surface area is 210 Å². The molecule has 1 aliphatic rings. The second-order valence-corrected chi connectivity index (χ2v) is 8.57. The Hall–Kier alpha value is -3.49. The van der Waals surface area contributed by atoms with Crippen LogP contribution in [0.25, 0.3) is 5.76 Å². The molecule has 0 aliphatic carbocycles. The summed E-state index contributed by atoms with van der Waals surface area (Å²) in [5, 5.41) is 11.4. The van der Waals surface area contributed by atoms with Crippen molar-refractivity contribution in [1.82, 2.24) is 4.90 Å². The molecule has 182 valence electrons. The summed E-state index contributed by atoms with van der Waals surface area (Å²) in [7, 11) is 2.69. The van der Waals surface area contributed by atoms with Crippen LogP contribution in [0.3, 0.4) is 0 Å². The van der Waals surface area contributed by atoms with Crippen molar-refractivity contribution in [2.75, 3.05) is 14.2 Å². The number of Topliss-reactive ketones (excluding diaryl/α,β-unsaturated/α-hetero) is 1. The van der Waals surface area contributed by atoms with Gasteiger partial charge in [-0.2, -0.15) is 0 Å². The zero-order chi connectivity index (χ0) is 25.4. The van der Waals surface area contributed by atoms with Crippen molar-refractivity contribution in [3.8, 4) is 11.5 Å². The van der Waals surface area contributed by atoms with Crippen LogP contribution >= 0.6 is 23.2 Å². The Morgan fingerprint density at radius 1 is 1.09 bits per heavy atom. The Bertz CT molecular complexity index is 1350. The molecule has 1 unspecified atom stereocenters. The summed E-state index contributed by atoms with van der Waals surface area (Å²) in [6.45, 7) is 1.68. The van der Waals surface area contributed by atoms with E-state index in [9.17, 15) is 19.1 Å². The second kappa shape index (κ2) is 9.64. The lowest BCUT2D eigenvalue weighted by atomic mass is 9.98. The molecule has 0 spiro atoms. The SMILES string of the molecule is COc1c(Cl)cc(/C(O)=C2\C(=O)C(=O)N(Cc3ccc(F)cc3)C2c2ccc(C)o2)c(OC)c1Cl. The zero-order valence-corrected chi connectivity index (χ0v) is 20.4. The van der Waals surface area contributed by atoms with Gasteiger partial charge in [-0.25, -0.2) is 4.39 Å². The number of carbonyl (C=O) groups excluding carboxylic acids is 2. The number of rotatable bonds is 6. The van der Waals surface area contributed by atoms with Gasteiger partial charge in [0.1, 0.15) is 34.2 Å². The van der Waals surface area contributed by atoms with Gasteiger partial charge in [-0.3, -0.25) is 9.59 Å². The number of ketones is 1. The standard InChI is InChI=1S/C25H20Cl2FNO6/c1-12-4-9-17(35-12)20-18(21(30)15-10-16(26)24(34-3)19(27)23(15)33-2)22(31)25(32)29(20)11-13-5-7-14(28)8-6-13/h4-10,20,30H,11H2,1-3H3/b21-18+. The van der Waals surface area contributed by atoms with E-state index in [4.69, 9.17) is 37.1 Å². The number of furan rings is 1. The molecule has 2 aromatic carbocycles. The first-order valence-electron chi connectivity index (χ1n) is 10.4. The largest absolute Gasteiger partial charge is 0.507 e. The highest BCUT2D eigenvalue weighted by Gasteiger charge is 2.48. The van der Waals surface area contributed by atoms with Crippen LogP contribution in [0, 0.1) is 12.7 Å². The monoisotopic (exact) mass is 519 g/mol. The van der Waals surface area contributed by atoms with Crippen molar-refractivity contribution in [3.05, 3.63) is 86.5 Å². The van der Waals surface area contributed by atoms with Crippen molar-refractivity contribution in [1.29, 1.82) is 0 Å². The van der Waals surface area contributed by atoms with Crippen molar-refractivity contribution in [3.63, 3.8) is 0 Å². The van der Waals surface area contributed by atoms with Gasteiger partial charge in [-0.1, -0.05) is 35.3 Å². The molecule has 7 nitrogen and oxygen atoms in total. The number of nitrogens with zero attached hydrogens (tertiary/aromatic N) is 1. The molecule has 35 heavy (non-hydrogen) atoms. The van der Waals surface area contributed by atoms with Crippen molar-refractivity contribution in [2.24, 2.45) is 0 Å². The van der Waals surface area contributed by atoms with E-state index >= 15 is 0 Å².